The summed E-state index contributed by atoms with van der Waals surface area (Å²) in [4.78, 5) is 19.2. The van der Waals surface area contributed by atoms with Crippen LogP contribution in [-0.2, 0) is 14.6 Å². The number of carbonyl (C=O) groups is 1. The van der Waals surface area contributed by atoms with E-state index >= 15 is 0 Å². The Kier molecular flexibility index (Phi) is 9.50. The van der Waals surface area contributed by atoms with Crippen molar-refractivity contribution < 1.29 is 13.2 Å². The average Bonchev–Trinajstić information content (AvgIpc) is 2.98. The van der Waals surface area contributed by atoms with Crippen molar-refractivity contribution in [2.24, 2.45) is 4.99 Å². The summed E-state index contributed by atoms with van der Waals surface area (Å²) < 4.78 is 22.9. The summed E-state index contributed by atoms with van der Waals surface area (Å²) in [5.41, 5.74) is 0. The van der Waals surface area contributed by atoms with Gasteiger partial charge >= 0.3 is 0 Å². The maximum absolute atomic E-state index is 12.0. The van der Waals surface area contributed by atoms with E-state index in [0.29, 0.717) is 25.4 Å². The lowest BCUT2D eigenvalue weighted by atomic mass is 10.0. The Morgan fingerprint density at radius 2 is 2.04 bits per heavy atom. The third-order valence-electron chi connectivity index (χ3n) is 5.40. The summed E-state index contributed by atoms with van der Waals surface area (Å²) in [5, 5.41) is 9.20. The van der Waals surface area contributed by atoms with Gasteiger partial charge in [-0.3, -0.25) is 9.79 Å². The summed E-state index contributed by atoms with van der Waals surface area (Å²) in [6.45, 7) is 8.59. The molecule has 2 fully saturated rings. The smallest absolute Gasteiger partial charge is 0.222 e. The zero-order valence-electron chi connectivity index (χ0n) is 17.4. The number of hydrogen-bond donors (Lipinski definition) is 3. The number of nitrogens with zero attached hydrogens (tertiary/aromatic N) is 2. The first-order chi connectivity index (χ1) is 13.4. The van der Waals surface area contributed by atoms with E-state index in [1.54, 1.807) is 0 Å². The topological polar surface area (TPSA) is 103 Å². The normalized spacial score (nSPS) is 25.4. The molecule has 162 valence electrons. The molecule has 2 heterocycles. The second kappa shape index (κ2) is 11.6. The average molecular weight is 416 g/mol. The molecule has 3 N–H and O–H groups in total. The molecule has 2 aliphatic rings. The number of carbonyl (C=O) groups excluding carboxylic acids is 1. The van der Waals surface area contributed by atoms with Crippen LogP contribution >= 0.6 is 0 Å². The fourth-order valence-electron chi connectivity index (χ4n) is 3.80. The third-order valence-corrected chi connectivity index (χ3v) is 7.17. The molecule has 0 radical (unpaired) electrons. The van der Waals surface area contributed by atoms with Crippen LogP contribution in [0, 0.1) is 0 Å². The minimum atomic E-state index is -2.97. The Balaban J connectivity index is 1.64. The van der Waals surface area contributed by atoms with Crippen molar-refractivity contribution in [1.29, 1.82) is 0 Å². The maximum atomic E-state index is 12.0. The summed E-state index contributed by atoms with van der Waals surface area (Å²) >= 11 is 0. The van der Waals surface area contributed by atoms with Crippen LogP contribution in [0.2, 0.25) is 0 Å². The van der Waals surface area contributed by atoms with Crippen molar-refractivity contribution >= 4 is 21.7 Å². The van der Waals surface area contributed by atoms with Gasteiger partial charge in [-0.25, -0.2) is 8.42 Å². The van der Waals surface area contributed by atoms with Crippen molar-refractivity contribution in [2.75, 3.05) is 44.2 Å². The van der Waals surface area contributed by atoms with E-state index in [4.69, 9.17) is 0 Å². The molecular weight excluding hydrogens is 378 g/mol. The quantitative estimate of drug-likeness (QED) is 0.288. The number of piperidine rings is 1. The maximum Gasteiger partial charge on any atom is 0.222 e. The van der Waals surface area contributed by atoms with E-state index in [0.717, 1.165) is 32.0 Å². The predicted octanol–water partition coefficient (Wildman–Crippen LogP) is 0.499. The third kappa shape index (κ3) is 8.34. The van der Waals surface area contributed by atoms with Crippen LogP contribution < -0.4 is 16.0 Å². The van der Waals surface area contributed by atoms with Gasteiger partial charge in [0.05, 0.1) is 11.5 Å². The fraction of sp³-hybridized carbons (Fsp3) is 0.895. The highest BCUT2D eigenvalue weighted by atomic mass is 32.2. The zero-order valence-corrected chi connectivity index (χ0v) is 18.2. The van der Waals surface area contributed by atoms with Gasteiger partial charge < -0.3 is 20.9 Å². The highest BCUT2D eigenvalue weighted by Gasteiger charge is 2.28. The van der Waals surface area contributed by atoms with Gasteiger partial charge in [0, 0.05) is 44.7 Å². The molecule has 0 aromatic heterocycles. The molecule has 2 rings (SSSR count). The van der Waals surface area contributed by atoms with Gasteiger partial charge in [-0.1, -0.05) is 6.42 Å². The van der Waals surface area contributed by atoms with E-state index < -0.39 is 9.84 Å². The van der Waals surface area contributed by atoms with E-state index in [-0.39, 0.29) is 23.5 Å². The molecule has 0 saturated carbocycles. The van der Waals surface area contributed by atoms with Crippen molar-refractivity contribution in [3.63, 3.8) is 0 Å². The predicted molar refractivity (Wildman–Crippen MR) is 113 cm³/mol. The minimum absolute atomic E-state index is 0.0614. The van der Waals surface area contributed by atoms with Crippen LogP contribution in [0.15, 0.2) is 4.99 Å². The number of amides is 1. The number of hydrogen-bond acceptors (Lipinski definition) is 5. The Morgan fingerprint density at radius 1 is 1.21 bits per heavy atom. The van der Waals surface area contributed by atoms with Gasteiger partial charge in [0.1, 0.15) is 0 Å². The molecule has 28 heavy (non-hydrogen) atoms. The largest absolute Gasteiger partial charge is 0.357 e. The lowest BCUT2D eigenvalue weighted by molar-refractivity contribution is -0.121. The summed E-state index contributed by atoms with van der Waals surface area (Å²) in [7, 11) is -2.97. The van der Waals surface area contributed by atoms with Gasteiger partial charge in [-0.15, -0.1) is 0 Å². The molecule has 2 aliphatic heterocycles. The Morgan fingerprint density at radius 3 is 2.71 bits per heavy atom. The fourth-order valence-corrected chi connectivity index (χ4v) is 5.47. The number of nitrogens with one attached hydrogen (secondary N) is 3. The Labute approximate surface area is 169 Å². The second-order valence-electron chi connectivity index (χ2n) is 7.84. The van der Waals surface area contributed by atoms with Crippen LogP contribution in [-0.4, -0.2) is 81.5 Å². The summed E-state index contributed by atoms with van der Waals surface area (Å²) in [6.07, 6.45) is 5.77. The van der Waals surface area contributed by atoms with Crippen molar-refractivity contribution in [3.05, 3.63) is 0 Å². The van der Waals surface area contributed by atoms with Gasteiger partial charge in [-0.05, 0) is 46.1 Å². The summed E-state index contributed by atoms with van der Waals surface area (Å²) in [6, 6.07) is 0.439. The minimum Gasteiger partial charge on any atom is -0.357 e. The highest BCUT2D eigenvalue weighted by Crippen LogP contribution is 2.16. The first-order valence-electron chi connectivity index (χ1n) is 10.7. The molecule has 0 spiro atoms. The number of rotatable bonds is 9. The lowest BCUT2D eigenvalue weighted by Gasteiger charge is -2.33. The molecular formula is C19H37N5O3S. The van der Waals surface area contributed by atoms with E-state index in [2.05, 4.69) is 32.8 Å². The van der Waals surface area contributed by atoms with Crippen LogP contribution in [0.25, 0.3) is 0 Å². The Hall–Kier alpha value is -1.35. The number of aliphatic imine (C=N–C) groups is 1. The van der Waals surface area contributed by atoms with Crippen molar-refractivity contribution in [1.82, 2.24) is 20.9 Å². The zero-order chi connectivity index (χ0) is 20.4. The molecule has 0 aromatic rings. The van der Waals surface area contributed by atoms with E-state index in [1.165, 1.54) is 25.8 Å². The Bertz CT molecular complexity index is 623. The molecule has 2 unspecified atom stereocenters. The first kappa shape index (κ1) is 22.9. The lowest BCUT2D eigenvalue weighted by Crippen LogP contribution is -2.41. The molecule has 1 amide bonds. The molecule has 2 saturated heterocycles. The number of sulfone groups is 1. The van der Waals surface area contributed by atoms with Gasteiger partial charge in [-0.2, -0.15) is 0 Å². The first-order valence-corrected chi connectivity index (χ1v) is 12.5. The SMILES string of the molecule is CCNC(=NCCCN1CCCCC1C)NCCC(=O)NC1CCS(=O)(=O)C1. The van der Waals surface area contributed by atoms with Crippen LogP contribution in [0.5, 0.6) is 0 Å². The van der Waals surface area contributed by atoms with Crippen molar-refractivity contribution in [3.8, 4) is 0 Å². The van der Waals surface area contributed by atoms with Crippen molar-refractivity contribution in [2.45, 2.75) is 64.5 Å². The standard InChI is InChI=1S/C19H37N5O3S/c1-3-20-19(21-10-6-13-24-12-5-4-7-16(24)2)22-11-8-18(25)23-17-9-14-28(26,27)15-17/h16-17H,3-15H2,1-2H3,(H,23,25)(H2,20,21,22). The number of guanidine groups is 1. The molecule has 9 heteroatoms. The van der Waals surface area contributed by atoms with Crippen LogP contribution in [0.1, 0.15) is 52.4 Å². The van der Waals surface area contributed by atoms with E-state index in [1.807, 2.05) is 6.92 Å². The summed E-state index contributed by atoms with van der Waals surface area (Å²) in [5.74, 6) is 0.838. The monoisotopic (exact) mass is 415 g/mol. The van der Waals surface area contributed by atoms with Gasteiger partial charge in [0.15, 0.2) is 15.8 Å². The molecule has 8 nitrogen and oxygen atoms in total. The molecule has 0 bridgehead atoms. The van der Waals surface area contributed by atoms with Gasteiger partial charge in [0.2, 0.25) is 5.91 Å². The molecule has 2 atom stereocenters. The molecule has 0 aliphatic carbocycles. The second-order valence-corrected chi connectivity index (χ2v) is 10.1. The van der Waals surface area contributed by atoms with Crippen LogP contribution in [0.3, 0.4) is 0 Å². The highest BCUT2D eigenvalue weighted by molar-refractivity contribution is 7.91. The molecule has 0 aromatic carbocycles. The van der Waals surface area contributed by atoms with Crippen LogP contribution in [0.4, 0.5) is 0 Å². The van der Waals surface area contributed by atoms with E-state index in [9.17, 15) is 13.2 Å². The van der Waals surface area contributed by atoms with Gasteiger partial charge in [0.25, 0.3) is 0 Å². The number of likely N-dealkylation sites (tertiary alicyclic amines) is 1.